The van der Waals surface area contributed by atoms with Crippen LogP contribution in [0.25, 0.3) is 10.9 Å². The van der Waals surface area contributed by atoms with Gasteiger partial charge in [0.2, 0.25) is 0 Å². The fourth-order valence-corrected chi connectivity index (χ4v) is 2.28. The van der Waals surface area contributed by atoms with Crippen LogP contribution in [0.2, 0.25) is 0 Å². The molecule has 2 aromatic carbocycles. The highest BCUT2D eigenvalue weighted by molar-refractivity contribution is 6.16. The Morgan fingerprint density at radius 2 is 1.95 bits per heavy atom. The van der Waals surface area contributed by atoms with Gasteiger partial charge in [0.1, 0.15) is 5.75 Å². The summed E-state index contributed by atoms with van der Waals surface area (Å²) < 4.78 is 5.09. The quantitative estimate of drug-likeness (QED) is 0.746. The van der Waals surface area contributed by atoms with Crippen molar-refractivity contribution in [1.82, 2.24) is 4.98 Å². The molecular formula is C17H12N2O2. The number of nitriles is 1. The van der Waals surface area contributed by atoms with Crippen molar-refractivity contribution in [2.24, 2.45) is 0 Å². The van der Waals surface area contributed by atoms with E-state index in [0.29, 0.717) is 22.4 Å². The van der Waals surface area contributed by atoms with E-state index < -0.39 is 0 Å². The first-order valence-corrected chi connectivity index (χ1v) is 6.43. The second-order valence-electron chi connectivity index (χ2n) is 4.63. The van der Waals surface area contributed by atoms with Crippen molar-refractivity contribution in [2.75, 3.05) is 7.11 Å². The van der Waals surface area contributed by atoms with Crippen LogP contribution >= 0.6 is 0 Å². The molecule has 4 nitrogen and oxygen atoms in total. The number of nitrogens with zero attached hydrogens (tertiary/aromatic N) is 1. The number of nitrogens with one attached hydrogen (secondary N) is 1. The lowest BCUT2D eigenvalue weighted by Crippen LogP contribution is -2.00. The van der Waals surface area contributed by atoms with Gasteiger partial charge in [0.25, 0.3) is 0 Å². The average molecular weight is 276 g/mol. The van der Waals surface area contributed by atoms with Gasteiger partial charge in [0.05, 0.1) is 18.7 Å². The number of benzene rings is 2. The summed E-state index contributed by atoms with van der Waals surface area (Å²) in [6.07, 6.45) is 1.68. The van der Waals surface area contributed by atoms with Crippen LogP contribution in [-0.4, -0.2) is 17.9 Å². The largest absolute Gasteiger partial charge is 0.497 e. The molecule has 1 aromatic heterocycles. The summed E-state index contributed by atoms with van der Waals surface area (Å²) in [7, 11) is 1.59. The molecule has 0 radical (unpaired) electrons. The summed E-state index contributed by atoms with van der Waals surface area (Å²) in [5.41, 5.74) is 2.54. The predicted octanol–water partition coefficient (Wildman–Crippen LogP) is 3.28. The maximum Gasteiger partial charge on any atom is 0.195 e. The molecule has 0 aliphatic heterocycles. The van der Waals surface area contributed by atoms with Gasteiger partial charge in [-0.1, -0.05) is 6.07 Å². The normalized spacial score (nSPS) is 10.3. The van der Waals surface area contributed by atoms with E-state index in [4.69, 9.17) is 10.00 Å². The Morgan fingerprint density at radius 1 is 1.19 bits per heavy atom. The number of H-pyrrole nitrogens is 1. The molecule has 21 heavy (non-hydrogen) atoms. The fraction of sp³-hybridized carbons (Fsp3) is 0.0588. The smallest absolute Gasteiger partial charge is 0.195 e. The maximum atomic E-state index is 12.5. The van der Waals surface area contributed by atoms with Crippen LogP contribution < -0.4 is 4.74 Å². The lowest BCUT2D eigenvalue weighted by atomic mass is 10.0. The Hall–Kier alpha value is -3.06. The molecule has 0 unspecified atom stereocenters. The highest BCUT2D eigenvalue weighted by Crippen LogP contribution is 2.23. The van der Waals surface area contributed by atoms with E-state index in [-0.39, 0.29) is 5.78 Å². The van der Waals surface area contributed by atoms with Gasteiger partial charge in [-0.05, 0) is 36.4 Å². The predicted molar refractivity (Wildman–Crippen MR) is 79.4 cm³/mol. The number of carbonyl (C=O) groups excluding carboxylic acids is 1. The Kier molecular flexibility index (Phi) is 3.17. The van der Waals surface area contributed by atoms with Crippen LogP contribution in [0, 0.1) is 11.3 Å². The van der Waals surface area contributed by atoms with Crippen LogP contribution in [0.15, 0.2) is 48.7 Å². The third-order valence-corrected chi connectivity index (χ3v) is 3.41. The van der Waals surface area contributed by atoms with Crippen LogP contribution in [0.5, 0.6) is 5.75 Å². The van der Waals surface area contributed by atoms with Crippen molar-refractivity contribution in [3.8, 4) is 11.8 Å². The van der Waals surface area contributed by atoms with Gasteiger partial charge in [-0.2, -0.15) is 5.26 Å². The third-order valence-electron chi connectivity index (χ3n) is 3.41. The number of ether oxygens (including phenoxy) is 1. The second kappa shape index (κ2) is 5.14. The van der Waals surface area contributed by atoms with Gasteiger partial charge in [-0.15, -0.1) is 0 Å². The minimum Gasteiger partial charge on any atom is -0.497 e. The molecule has 0 amide bonds. The number of methoxy groups -OCH3 is 1. The molecule has 0 fully saturated rings. The summed E-state index contributed by atoms with van der Waals surface area (Å²) in [5, 5.41) is 9.71. The lowest BCUT2D eigenvalue weighted by molar-refractivity contribution is 0.104. The van der Waals surface area contributed by atoms with Crippen molar-refractivity contribution in [3.05, 3.63) is 65.4 Å². The second-order valence-corrected chi connectivity index (χ2v) is 4.63. The SMILES string of the molecule is COc1ccc(C(=O)c2c[nH]c3cc(C#N)ccc23)cc1. The number of aromatic nitrogens is 1. The molecule has 3 aromatic rings. The molecule has 3 rings (SSSR count). The van der Waals surface area contributed by atoms with Gasteiger partial charge in [0, 0.05) is 28.2 Å². The zero-order valence-electron chi connectivity index (χ0n) is 11.4. The van der Waals surface area contributed by atoms with E-state index in [1.807, 2.05) is 0 Å². The van der Waals surface area contributed by atoms with Gasteiger partial charge in [-0.25, -0.2) is 0 Å². The van der Waals surface area contributed by atoms with Crippen LogP contribution in [0.1, 0.15) is 21.5 Å². The molecule has 0 aliphatic rings. The standard InChI is InChI=1S/C17H12N2O2/c1-21-13-5-3-12(4-6-13)17(20)15-10-19-16-8-11(9-18)2-7-14(15)16/h2-8,10,19H,1H3. The van der Waals surface area contributed by atoms with Crippen LogP contribution in [-0.2, 0) is 0 Å². The van der Waals surface area contributed by atoms with Gasteiger partial charge >= 0.3 is 0 Å². The minimum absolute atomic E-state index is 0.0615. The number of rotatable bonds is 3. The van der Waals surface area contributed by atoms with Crippen molar-refractivity contribution >= 4 is 16.7 Å². The highest BCUT2D eigenvalue weighted by atomic mass is 16.5. The van der Waals surface area contributed by atoms with Crippen LogP contribution in [0.4, 0.5) is 0 Å². The first-order chi connectivity index (χ1) is 10.2. The molecule has 0 saturated carbocycles. The molecule has 1 heterocycles. The number of carbonyl (C=O) groups is 1. The van der Waals surface area contributed by atoms with E-state index in [2.05, 4.69) is 11.1 Å². The summed E-state index contributed by atoms with van der Waals surface area (Å²) >= 11 is 0. The molecule has 0 spiro atoms. The van der Waals surface area contributed by atoms with Crippen molar-refractivity contribution in [1.29, 1.82) is 5.26 Å². The monoisotopic (exact) mass is 276 g/mol. The molecule has 0 atom stereocenters. The minimum atomic E-state index is -0.0615. The van der Waals surface area contributed by atoms with Crippen molar-refractivity contribution < 1.29 is 9.53 Å². The van der Waals surface area contributed by atoms with E-state index in [1.165, 1.54) is 0 Å². The Bertz CT molecular complexity index is 855. The fourth-order valence-electron chi connectivity index (χ4n) is 2.28. The van der Waals surface area contributed by atoms with E-state index in [9.17, 15) is 4.79 Å². The maximum absolute atomic E-state index is 12.5. The number of hydrogen-bond donors (Lipinski definition) is 1. The average Bonchev–Trinajstić information content (AvgIpc) is 2.97. The Balaban J connectivity index is 2.03. The first-order valence-electron chi connectivity index (χ1n) is 6.43. The number of ketones is 1. The molecule has 1 N–H and O–H groups in total. The summed E-state index contributed by atoms with van der Waals surface area (Å²) in [4.78, 5) is 15.6. The van der Waals surface area contributed by atoms with Gasteiger partial charge < -0.3 is 9.72 Å². The van der Waals surface area contributed by atoms with E-state index >= 15 is 0 Å². The molecule has 0 aliphatic carbocycles. The Morgan fingerprint density at radius 3 is 2.62 bits per heavy atom. The van der Waals surface area contributed by atoms with Crippen molar-refractivity contribution in [2.45, 2.75) is 0 Å². The summed E-state index contributed by atoms with van der Waals surface area (Å²) in [6.45, 7) is 0. The van der Waals surface area contributed by atoms with E-state index in [0.717, 1.165) is 10.9 Å². The first kappa shape index (κ1) is 12.9. The number of fused-ring (bicyclic) bond motifs is 1. The zero-order valence-corrected chi connectivity index (χ0v) is 11.4. The molecular weight excluding hydrogens is 264 g/mol. The van der Waals surface area contributed by atoms with Gasteiger partial charge in [0.15, 0.2) is 5.78 Å². The molecule has 0 saturated heterocycles. The van der Waals surface area contributed by atoms with Crippen LogP contribution in [0.3, 0.4) is 0 Å². The highest BCUT2D eigenvalue weighted by Gasteiger charge is 2.14. The van der Waals surface area contributed by atoms with Crippen molar-refractivity contribution in [3.63, 3.8) is 0 Å². The molecule has 4 heteroatoms. The van der Waals surface area contributed by atoms with Gasteiger partial charge in [-0.3, -0.25) is 4.79 Å². The third kappa shape index (κ3) is 2.26. The van der Waals surface area contributed by atoms with E-state index in [1.54, 1.807) is 55.8 Å². The molecule has 0 bridgehead atoms. The number of hydrogen-bond acceptors (Lipinski definition) is 3. The lowest BCUT2D eigenvalue weighted by Gasteiger charge is -2.02. The zero-order chi connectivity index (χ0) is 14.8. The number of aromatic amines is 1. The Labute approximate surface area is 121 Å². The summed E-state index contributed by atoms with van der Waals surface area (Å²) in [6, 6.07) is 14.3. The summed E-state index contributed by atoms with van der Waals surface area (Å²) in [5.74, 6) is 0.651. The molecule has 102 valence electrons. The topological polar surface area (TPSA) is 65.9 Å².